The van der Waals surface area contributed by atoms with Crippen molar-refractivity contribution >= 4 is 17.3 Å². The highest BCUT2D eigenvalue weighted by Crippen LogP contribution is 2.54. The van der Waals surface area contributed by atoms with Gasteiger partial charge in [0.1, 0.15) is 28.7 Å². The molecule has 0 aliphatic carbocycles. The number of piperidine rings is 1. The van der Waals surface area contributed by atoms with Gasteiger partial charge in [-0.3, -0.25) is 9.69 Å². The van der Waals surface area contributed by atoms with E-state index in [0.717, 1.165) is 92.2 Å². The lowest BCUT2D eigenvalue weighted by molar-refractivity contribution is 0.0527. The number of phenols is 1. The number of rotatable bonds is 7. The predicted octanol–water partition coefficient (Wildman–Crippen LogP) is 6.91. The molecule has 4 aromatic carbocycles. The van der Waals surface area contributed by atoms with E-state index in [1.807, 2.05) is 36.4 Å². The predicted molar refractivity (Wildman–Crippen MR) is 198 cm³/mol. The van der Waals surface area contributed by atoms with Crippen molar-refractivity contribution in [1.29, 1.82) is 0 Å². The number of halogens is 1. The van der Waals surface area contributed by atoms with Crippen LogP contribution in [-0.2, 0) is 6.54 Å². The molecule has 0 bridgehead atoms. The maximum absolute atomic E-state index is 16.2. The van der Waals surface area contributed by atoms with Gasteiger partial charge in [0.15, 0.2) is 0 Å². The Balaban J connectivity index is 0.937. The first kappa shape index (κ1) is 33.4. The monoisotopic (exact) mass is 690 g/mol. The summed E-state index contributed by atoms with van der Waals surface area (Å²) in [5.41, 5.74) is 5.96. The fraction of sp³-hybridized carbons (Fsp3) is 0.405. The molecule has 8 nitrogen and oxygen atoms in total. The molecule has 4 heterocycles. The average Bonchev–Trinajstić information content (AvgIpc) is 3.50. The number of ether oxygens (including phenoxy) is 2. The van der Waals surface area contributed by atoms with Crippen molar-refractivity contribution in [2.45, 2.75) is 50.7 Å². The third kappa shape index (κ3) is 6.48. The smallest absolute Gasteiger partial charge is 0.251 e. The van der Waals surface area contributed by atoms with Crippen molar-refractivity contribution in [2.75, 3.05) is 62.7 Å². The fourth-order valence-corrected chi connectivity index (χ4v) is 8.90. The first-order valence-electron chi connectivity index (χ1n) is 18.3. The van der Waals surface area contributed by atoms with Crippen LogP contribution in [0, 0.1) is 11.7 Å². The number of piperazine rings is 1. The first-order chi connectivity index (χ1) is 24.7. The summed E-state index contributed by atoms with van der Waals surface area (Å²) in [7, 11) is 1.66. The van der Waals surface area contributed by atoms with E-state index < -0.39 is 5.60 Å². The van der Waals surface area contributed by atoms with Crippen LogP contribution in [0.5, 0.6) is 17.2 Å². The third-order valence-electron chi connectivity index (χ3n) is 11.6. The number of methoxy groups -OCH3 is 1. The number of amides is 1. The van der Waals surface area contributed by atoms with Crippen LogP contribution in [0.1, 0.15) is 71.1 Å². The number of phenolic OH excluding ortho intramolecular Hbond substituents is 1. The van der Waals surface area contributed by atoms with Crippen LogP contribution in [0.15, 0.2) is 78.9 Å². The van der Waals surface area contributed by atoms with E-state index in [4.69, 9.17) is 9.47 Å². The lowest BCUT2D eigenvalue weighted by Gasteiger charge is -2.46. The number of aromatic hydroxyl groups is 1. The molecule has 4 aromatic rings. The van der Waals surface area contributed by atoms with Crippen molar-refractivity contribution in [1.82, 2.24) is 10.2 Å². The molecule has 4 aliphatic heterocycles. The Morgan fingerprint density at radius 1 is 0.902 bits per heavy atom. The van der Waals surface area contributed by atoms with Gasteiger partial charge in [-0.2, -0.15) is 0 Å². The molecule has 0 saturated carbocycles. The van der Waals surface area contributed by atoms with Gasteiger partial charge in [0, 0.05) is 87.1 Å². The molecule has 1 amide bonds. The van der Waals surface area contributed by atoms with Crippen molar-refractivity contribution < 1.29 is 23.8 Å². The number of nitrogens with one attached hydrogen (secondary N) is 1. The molecule has 0 radical (unpaired) electrons. The molecular weight excluding hydrogens is 643 g/mol. The molecule has 0 unspecified atom stereocenters. The normalized spacial score (nSPS) is 21.8. The minimum atomic E-state index is -0.650. The number of benzene rings is 4. The van der Waals surface area contributed by atoms with Crippen LogP contribution in [-0.4, -0.2) is 74.4 Å². The average molecular weight is 691 g/mol. The Labute approximate surface area is 299 Å². The van der Waals surface area contributed by atoms with E-state index in [1.165, 1.54) is 5.69 Å². The highest BCUT2D eigenvalue weighted by molar-refractivity contribution is 5.98. The van der Waals surface area contributed by atoms with Gasteiger partial charge >= 0.3 is 0 Å². The second-order valence-electron chi connectivity index (χ2n) is 15.1. The Morgan fingerprint density at radius 2 is 1.71 bits per heavy atom. The zero-order valence-corrected chi connectivity index (χ0v) is 29.7. The van der Waals surface area contributed by atoms with Gasteiger partial charge in [0.2, 0.25) is 0 Å². The van der Waals surface area contributed by atoms with E-state index in [9.17, 15) is 9.90 Å². The second-order valence-corrected chi connectivity index (χ2v) is 15.1. The molecule has 2 N–H and O–H groups in total. The number of hydrogen-bond acceptors (Lipinski definition) is 7. The van der Waals surface area contributed by atoms with Gasteiger partial charge in [-0.05, 0) is 97.8 Å². The Morgan fingerprint density at radius 3 is 2.47 bits per heavy atom. The summed E-state index contributed by atoms with van der Waals surface area (Å²) < 4.78 is 28.3. The molecule has 2 atom stereocenters. The zero-order chi connectivity index (χ0) is 35.3. The van der Waals surface area contributed by atoms with Gasteiger partial charge in [-0.1, -0.05) is 24.3 Å². The number of hydrogen-bond donors (Lipinski definition) is 2. The first-order valence-corrected chi connectivity index (χ1v) is 18.3. The maximum Gasteiger partial charge on any atom is 0.251 e. The number of carbonyl (C=O) groups is 1. The summed E-state index contributed by atoms with van der Waals surface area (Å²) in [6, 6.07) is 25.2. The van der Waals surface area contributed by atoms with Gasteiger partial charge in [-0.25, -0.2) is 4.39 Å². The quantitative estimate of drug-likeness (QED) is 0.218. The molecule has 2 fully saturated rings. The number of anilines is 2. The molecule has 2 saturated heterocycles. The summed E-state index contributed by atoms with van der Waals surface area (Å²) in [5.74, 6) is 1.60. The van der Waals surface area contributed by atoms with E-state index in [0.29, 0.717) is 23.9 Å². The minimum Gasteiger partial charge on any atom is -0.508 e. The van der Waals surface area contributed by atoms with Crippen molar-refractivity contribution in [2.24, 2.45) is 5.92 Å². The highest BCUT2D eigenvalue weighted by atomic mass is 19.1. The molecular formula is C42H47FN4O4. The van der Waals surface area contributed by atoms with E-state index in [2.05, 4.69) is 58.1 Å². The molecule has 4 aliphatic rings. The third-order valence-corrected chi connectivity index (χ3v) is 11.6. The highest BCUT2D eigenvalue weighted by Gasteiger charge is 2.46. The summed E-state index contributed by atoms with van der Waals surface area (Å²) in [6.07, 6.45) is 2.08. The molecule has 51 heavy (non-hydrogen) atoms. The summed E-state index contributed by atoms with van der Waals surface area (Å²) in [4.78, 5) is 19.2. The molecule has 266 valence electrons. The fourth-order valence-electron chi connectivity index (χ4n) is 8.90. The summed E-state index contributed by atoms with van der Waals surface area (Å²) >= 11 is 0. The maximum atomic E-state index is 16.2. The van der Waals surface area contributed by atoms with Crippen LogP contribution < -0.4 is 24.6 Å². The topological polar surface area (TPSA) is 77.5 Å². The summed E-state index contributed by atoms with van der Waals surface area (Å²) in [6.45, 7) is 11.5. The van der Waals surface area contributed by atoms with Gasteiger partial charge in [0.05, 0.1) is 12.8 Å². The largest absolute Gasteiger partial charge is 0.508 e. The lowest BCUT2D eigenvalue weighted by Crippen LogP contribution is -2.49. The number of carbonyl (C=O) groups excluding carboxylic acids is 1. The Kier molecular flexibility index (Phi) is 8.78. The zero-order valence-electron chi connectivity index (χ0n) is 29.7. The summed E-state index contributed by atoms with van der Waals surface area (Å²) in [5, 5.41) is 13.2. The van der Waals surface area contributed by atoms with Crippen LogP contribution >= 0.6 is 0 Å². The Bertz CT molecular complexity index is 1930. The number of fused-ring (bicyclic) bond motifs is 2. The van der Waals surface area contributed by atoms with Crippen molar-refractivity contribution in [3.05, 3.63) is 112 Å². The van der Waals surface area contributed by atoms with Crippen LogP contribution in [0.2, 0.25) is 0 Å². The second kappa shape index (κ2) is 13.4. The van der Waals surface area contributed by atoms with Crippen LogP contribution in [0.3, 0.4) is 0 Å². The molecule has 0 spiro atoms. The standard InChI is InChI=1S/C42H47FN4O4/c1-42(2)40(29-5-4-6-33(22-29)50-3)39(35-11-9-32(48)24-38(35)51-42)28-7-12-37(36(43)23-28)47-15-13-27(14-16-47)26-45-17-19-46(20-18-45)31-8-10-34-30(21-31)25-44-41(34)49/h4-12,21-24,27,39-40,48H,13-20,25-26H2,1-3H3,(H,44,49)/t39-,40-/m1/s1. The van der Waals surface area contributed by atoms with Gasteiger partial charge < -0.3 is 29.7 Å². The minimum absolute atomic E-state index is 0.0265. The van der Waals surface area contributed by atoms with Crippen molar-refractivity contribution in [3.63, 3.8) is 0 Å². The molecule has 9 heteroatoms. The van der Waals surface area contributed by atoms with E-state index in [1.54, 1.807) is 25.3 Å². The molecule has 8 rings (SSSR count). The van der Waals surface area contributed by atoms with Crippen LogP contribution in [0.4, 0.5) is 15.8 Å². The number of nitrogens with zero attached hydrogens (tertiary/aromatic N) is 3. The van der Waals surface area contributed by atoms with Crippen molar-refractivity contribution in [3.8, 4) is 17.2 Å². The van der Waals surface area contributed by atoms with Gasteiger partial charge in [0.25, 0.3) is 5.91 Å². The molecule has 0 aromatic heterocycles. The van der Waals surface area contributed by atoms with Gasteiger partial charge in [-0.15, -0.1) is 0 Å². The van der Waals surface area contributed by atoms with E-state index in [-0.39, 0.29) is 29.3 Å². The Hall–Kier alpha value is -4.76. The van der Waals surface area contributed by atoms with Crippen LogP contribution in [0.25, 0.3) is 0 Å². The van der Waals surface area contributed by atoms with E-state index >= 15 is 4.39 Å². The SMILES string of the molecule is COc1cccc([C@@H]2[C@H](c3ccc(N4CCC(CN5CCN(c6ccc7c(c6)CNC7=O)CC5)CC4)c(F)c3)c3ccc(O)cc3OC2(C)C)c1. The lowest BCUT2D eigenvalue weighted by atomic mass is 9.68.